The van der Waals surface area contributed by atoms with Gasteiger partial charge in [-0.15, -0.1) is 0 Å². The fourth-order valence-corrected chi connectivity index (χ4v) is 3.88. The third-order valence-corrected chi connectivity index (χ3v) is 5.63. The lowest BCUT2D eigenvalue weighted by Gasteiger charge is -2.36. The Morgan fingerprint density at radius 3 is 2.30 bits per heavy atom. The number of ether oxygens (including phenoxy) is 1. The van der Waals surface area contributed by atoms with Crippen molar-refractivity contribution in [2.24, 2.45) is 5.41 Å². The lowest BCUT2D eigenvalue weighted by molar-refractivity contribution is -0.149. The van der Waals surface area contributed by atoms with E-state index in [9.17, 15) is 4.79 Å². The Kier molecular flexibility index (Phi) is 4.90. The van der Waals surface area contributed by atoms with Crippen LogP contribution in [0.2, 0.25) is 0 Å². The summed E-state index contributed by atoms with van der Waals surface area (Å²) in [7, 11) is 0. The van der Waals surface area contributed by atoms with E-state index in [1.54, 1.807) is 0 Å². The van der Waals surface area contributed by atoms with Crippen LogP contribution in [0, 0.1) is 5.41 Å². The zero-order chi connectivity index (χ0) is 16.3. The van der Waals surface area contributed by atoms with E-state index in [2.05, 4.69) is 54.0 Å². The second-order valence-electron chi connectivity index (χ2n) is 6.84. The molecule has 2 aliphatic heterocycles. The molecule has 4 heteroatoms. The first-order valence-electron chi connectivity index (χ1n) is 8.90. The molecule has 23 heavy (non-hydrogen) atoms. The van der Waals surface area contributed by atoms with Crippen molar-refractivity contribution in [3.05, 3.63) is 30.3 Å². The lowest BCUT2D eigenvalue weighted by atomic mass is 9.79. The van der Waals surface area contributed by atoms with Crippen LogP contribution < -0.4 is 4.90 Å². The maximum Gasteiger partial charge on any atom is 0.312 e. The largest absolute Gasteiger partial charge is 0.461 e. The number of nitrogens with zero attached hydrogens (tertiary/aromatic N) is 2. The second kappa shape index (κ2) is 6.91. The number of cyclic esters (lactones) is 1. The molecule has 0 amide bonds. The number of hydrogen-bond acceptors (Lipinski definition) is 4. The molecule has 2 saturated heterocycles. The highest BCUT2D eigenvalue weighted by Crippen LogP contribution is 2.40. The van der Waals surface area contributed by atoms with Gasteiger partial charge in [-0.3, -0.25) is 9.69 Å². The summed E-state index contributed by atoms with van der Waals surface area (Å²) in [6.45, 7) is 9.24. The molecule has 2 heterocycles. The molecular formula is C19H28N2O2. The average molecular weight is 316 g/mol. The molecule has 0 bridgehead atoms. The van der Waals surface area contributed by atoms with E-state index in [4.69, 9.17) is 4.74 Å². The van der Waals surface area contributed by atoms with Gasteiger partial charge in [0.2, 0.25) is 0 Å². The number of carbonyl (C=O) groups is 1. The molecule has 0 N–H and O–H groups in total. The third kappa shape index (κ3) is 3.37. The number of hydrogen-bond donors (Lipinski definition) is 0. The Hall–Kier alpha value is -1.55. The highest BCUT2D eigenvalue weighted by molar-refractivity contribution is 5.79. The van der Waals surface area contributed by atoms with E-state index in [-0.39, 0.29) is 17.5 Å². The first kappa shape index (κ1) is 16.3. The minimum absolute atomic E-state index is 0.0235. The van der Waals surface area contributed by atoms with Crippen LogP contribution in [0.15, 0.2) is 30.3 Å². The number of anilines is 1. The Bertz CT molecular complexity index is 519. The number of esters is 1. The number of carbonyl (C=O) groups excluding carboxylic acids is 1. The molecule has 1 aromatic carbocycles. The van der Waals surface area contributed by atoms with Crippen molar-refractivity contribution < 1.29 is 9.53 Å². The molecule has 0 aromatic heterocycles. The zero-order valence-electron chi connectivity index (χ0n) is 14.3. The molecule has 1 unspecified atom stereocenters. The molecule has 4 nitrogen and oxygen atoms in total. The van der Waals surface area contributed by atoms with Gasteiger partial charge in [0.1, 0.15) is 6.10 Å². The van der Waals surface area contributed by atoms with E-state index >= 15 is 0 Å². The van der Waals surface area contributed by atoms with Crippen molar-refractivity contribution in [1.82, 2.24) is 4.90 Å². The number of para-hydroxylation sites is 1. The molecular weight excluding hydrogens is 288 g/mol. The van der Waals surface area contributed by atoms with Crippen molar-refractivity contribution in [2.45, 2.75) is 39.2 Å². The minimum Gasteiger partial charge on any atom is -0.461 e. The van der Waals surface area contributed by atoms with Crippen LogP contribution in [-0.2, 0) is 9.53 Å². The Morgan fingerprint density at radius 1 is 1.09 bits per heavy atom. The summed E-state index contributed by atoms with van der Waals surface area (Å²) in [5.74, 6) is 0.0235. The fourth-order valence-electron chi connectivity index (χ4n) is 3.88. The quantitative estimate of drug-likeness (QED) is 0.782. The van der Waals surface area contributed by atoms with Gasteiger partial charge in [0.15, 0.2) is 0 Å². The molecule has 0 aliphatic carbocycles. The molecule has 1 atom stereocenters. The monoisotopic (exact) mass is 316 g/mol. The van der Waals surface area contributed by atoms with Crippen molar-refractivity contribution in [3.8, 4) is 0 Å². The van der Waals surface area contributed by atoms with Gasteiger partial charge < -0.3 is 9.64 Å². The predicted molar refractivity (Wildman–Crippen MR) is 92.6 cm³/mol. The standard InChI is InChI=1S/C19H28N2O2/c1-3-19(4-2)14-17(23-18(19)22)15-20-10-12-21(13-11-20)16-8-6-5-7-9-16/h5-9,17H,3-4,10-15H2,1-2H3. The van der Waals surface area contributed by atoms with Gasteiger partial charge in [0, 0.05) is 44.8 Å². The highest BCUT2D eigenvalue weighted by atomic mass is 16.6. The average Bonchev–Trinajstić information content (AvgIpc) is 2.92. The van der Waals surface area contributed by atoms with E-state index in [0.29, 0.717) is 0 Å². The van der Waals surface area contributed by atoms with Crippen molar-refractivity contribution >= 4 is 11.7 Å². The van der Waals surface area contributed by atoms with Crippen LogP contribution in [0.5, 0.6) is 0 Å². The summed E-state index contributed by atoms with van der Waals surface area (Å²) >= 11 is 0. The van der Waals surface area contributed by atoms with Crippen LogP contribution in [-0.4, -0.2) is 49.7 Å². The van der Waals surface area contributed by atoms with Crippen molar-refractivity contribution in [1.29, 1.82) is 0 Å². The fraction of sp³-hybridized carbons (Fsp3) is 0.632. The third-order valence-electron chi connectivity index (χ3n) is 5.63. The van der Waals surface area contributed by atoms with E-state index < -0.39 is 0 Å². The summed E-state index contributed by atoms with van der Waals surface area (Å²) < 4.78 is 5.68. The lowest BCUT2D eigenvalue weighted by Crippen LogP contribution is -2.48. The van der Waals surface area contributed by atoms with Gasteiger partial charge in [-0.1, -0.05) is 32.0 Å². The summed E-state index contributed by atoms with van der Waals surface area (Å²) in [5.41, 5.74) is 1.08. The maximum atomic E-state index is 12.2. The van der Waals surface area contributed by atoms with Crippen LogP contribution in [0.1, 0.15) is 33.1 Å². The SMILES string of the molecule is CCC1(CC)CC(CN2CCN(c3ccccc3)CC2)OC1=O. The van der Waals surface area contributed by atoms with Gasteiger partial charge in [0.05, 0.1) is 5.41 Å². The molecule has 126 valence electrons. The number of benzene rings is 1. The number of rotatable bonds is 5. The molecule has 0 radical (unpaired) electrons. The van der Waals surface area contributed by atoms with Crippen LogP contribution in [0.4, 0.5) is 5.69 Å². The first-order valence-corrected chi connectivity index (χ1v) is 8.90. The minimum atomic E-state index is -0.226. The molecule has 0 saturated carbocycles. The van der Waals surface area contributed by atoms with Crippen LogP contribution in [0.3, 0.4) is 0 Å². The molecule has 2 aliphatic rings. The predicted octanol–water partition coefficient (Wildman–Crippen LogP) is 2.93. The smallest absolute Gasteiger partial charge is 0.312 e. The Morgan fingerprint density at radius 2 is 1.74 bits per heavy atom. The van der Waals surface area contributed by atoms with Crippen LogP contribution in [0.25, 0.3) is 0 Å². The molecule has 2 fully saturated rings. The second-order valence-corrected chi connectivity index (χ2v) is 6.84. The molecule has 3 rings (SSSR count). The van der Waals surface area contributed by atoms with Crippen LogP contribution >= 0.6 is 0 Å². The summed E-state index contributed by atoms with van der Waals surface area (Å²) in [4.78, 5) is 17.1. The van der Waals surface area contributed by atoms with Gasteiger partial charge in [-0.2, -0.15) is 0 Å². The van der Waals surface area contributed by atoms with Gasteiger partial charge in [-0.25, -0.2) is 0 Å². The zero-order valence-corrected chi connectivity index (χ0v) is 14.3. The van der Waals surface area contributed by atoms with E-state index in [0.717, 1.165) is 52.0 Å². The molecule has 0 spiro atoms. The van der Waals surface area contributed by atoms with E-state index in [1.807, 2.05) is 0 Å². The highest BCUT2D eigenvalue weighted by Gasteiger charge is 2.46. The summed E-state index contributed by atoms with van der Waals surface area (Å²) in [6.07, 6.45) is 2.74. The maximum absolute atomic E-state index is 12.2. The summed E-state index contributed by atoms with van der Waals surface area (Å²) in [6, 6.07) is 10.6. The Labute approximate surface area is 139 Å². The van der Waals surface area contributed by atoms with Crippen molar-refractivity contribution in [3.63, 3.8) is 0 Å². The number of piperazine rings is 1. The first-order chi connectivity index (χ1) is 11.2. The van der Waals surface area contributed by atoms with Gasteiger partial charge in [0.25, 0.3) is 0 Å². The van der Waals surface area contributed by atoms with Crippen molar-refractivity contribution in [2.75, 3.05) is 37.6 Å². The molecule has 1 aromatic rings. The van der Waals surface area contributed by atoms with Gasteiger partial charge in [-0.05, 0) is 25.0 Å². The van der Waals surface area contributed by atoms with Gasteiger partial charge >= 0.3 is 5.97 Å². The summed E-state index contributed by atoms with van der Waals surface area (Å²) in [5, 5.41) is 0. The normalized spacial score (nSPS) is 24.7. The van der Waals surface area contributed by atoms with E-state index in [1.165, 1.54) is 5.69 Å². The Balaban J connectivity index is 1.51. The topological polar surface area (TPSA) is 32.8 Å².